The monoisotopic (exact) mass is 131 g/mol. The van der Waals surface area contributed by atoms with Crippen molar-refractivity contribution in [3.8, 4) is 6.07 Å². The van der Waals surface area contributed by atoms with E-state index in [1.54, 1.807) is 20.3 Å². The highest BCUT2D eigenvalue weighted by Gasteiger charge is 1.73. The van der Waals surface area contributed by atoms with Gasteiger partial charge in [0.15, 0.2) is 0 Å². The van der Waals surface area contributed by atoms with Crippen LogP contribution in [-0.4, -0.2) is 27.4 Å². The molecule has 0 heterocycles. The standard InChI is InChI=1S/C4H10O2.C2H3N/c1-5-3-4-6-2;1-2-3/h3-4H2,1-2H3;1H3. The molecule has 0 rings (SSSR count). The van der Waals surface area contributed by atoms with Crippen LogP contribution in [0.25, 0.3) is 0 Å². The predicted octanol–water partition coefficient (Wildman–Crippen LogP) is 0.809. The van der Waals surface area contributed by atoms with Crippen molar-refractivity contribution < 1.29 is 9.47 Å². The van der Waals surface area contributed by atoms with Gasteiger partial charge in [-0.25, -0.2) is 0 Å². The van der Waals surface area contributed by atoms with Gasteiger partial charge in [0.2, 0.25) is 0 Å². The molecule has 0 radical (unpaired) electrons. The number of ether oxygens (including phenoxy) is 2. The average molecular weight is 131 g/mol. The minimum absolute atomic E-state index is 0.691. The summed E-state index contributed by atoms with van der Waals surface area (Å²) in [5.74, 6) is 0. The van der Waals surface area contributed by atoms with E-state index in [0.717, 1.165) is 0 Å². The number of methoxy groups -OCH3 is 2. The Labute approximate surface area is 56.2 Å². The number of nitriles is 1. The molecule has 0 spiro atoms. The zero-order valence-corrected chi connectivity index (χ0v) is 6.18. The maximum atomic E-state index is 7.32. The molecule has 0 aromatic carbocycles. The summed E-state index contributed by atoms with van der Waals surface area (Å²) in [5.41, 5.74) is 0. The van der Waals surface area contributed by atoms with Crippen LogP contribution in [0.3, 0.4) is 0 Å². The van der Waals surface area contributed by atoms with E-state index in [1.165, 1.54) is 6.92 Å². The van der Waals surface area contributed by atoms with Gasteiger partial charge in [0.1, 0.15) is 0 Å². The van der Waals surface area contributed by atoms with Crippen LogP contribution in [-0.2, 0) is 9.47 Å². The van der Waals surface area contributed by atoms with Crippen LogP contribution >= 0.6 is 0 Å². The van der Waals surface area contributed by atoms with Gasteiger partial charge >= 0.3 is 0 Å². The summed E-state index contributed by atoms with van der Waals surface area (Å²) in [5, 5.41) is 7.32. The van der Waals surface area contributed by atoms with E-state index in [-0.39, 0.29) is 0 Å². The summed E-state index contributed by atoms with van der Waals surface area (Å²) in [6.45, 7) is 2.81. The highest BCUT2D eigenvalue weighted by Crippen LogP contribution is 1.65. The average Bonchev–Trinajstić information content (AvgIpc) is 1.86. The Kier molecular flexibility index (Phi) is 19.5. The molecule has 0 atom stereocenters. The fourth-order valence-corrected chi connectivity index (χ4v) is 0.167. The fraction of sp³-hybridized carbons (Fsp3) is 0.833. The second kappa shape index (κ2) is 15.7. The van der Waals surface area contributed by atoms with Gasteiger partial charge in [-0.05, 0) is 0 Å². The van der Waals surface area contributed by atoms with Gasteiger partial charge < -0.3 is 9.47 Å². The molecule has 0 aliphatic rings. The first kappa shape index (κ1) is 11.2. The molecule has 0 fully saturated rings. The third kappa shape index (κ3) is 37.3. The van der Waals surface area contributed by atoms with Crippen molar-refractivity contribution in [2.24, 2.45) is 0 Å². The van der Waals surface area contributed by atoms with Crippen LogP contribution in [0.15, 0.2) is 0 Å². The summed E-state index contributed by atoms with van der Waals surface area (Å²) in [6.07, 6.45) is 0. The lowest BCUT2D eigenvalue weighted by atomic mass is 10.8. The van der Waals surface area contributed by atoms with E-state index >= 15 is 0 Å². The summed E-state index contributed by atoms with van der Waals surface area (Å²) in [7, 11) is 3.30. The molecule has 0 aromatic rings. The molecule has 0 aliphatic heterocycles. The van der Waals surface area contributed by atoms with E-state index in [0.29, 0.717) is 13.2 Å². The molecular formula is C6H13NO2. The SMILES string of the molecule is CC#N.COCCOC. The number of nitrogens with zero attached hydrogens (tertiary/aromatic N) is 1. The number of hydrogen-bond donors (Lipinski definition) is 0. The normalized spacial score (nSPS) is 6.89. The molecule has 0 N–H and O–H groups in total. The molecule has 0 amide bonds. The Bertz CT molecular complexity index is 63.9. The van der Waals surface area contributed by atoms with Crippen molar-refractivity contribution in [3.05, 3.63) is 0 Å². The van der Waals surface area contributed by atoms with Gasteiger partial charge in [0, 0.05) is 21.1 Å². The van der Waals surface area contributed by atoms with Crippen molar-refractivity contribution in [2.45, 2.75) is 6.92 Å². The van der Waals surface area contributed by atoms with Crippen molar-refractivity contribution in [2.75, 3.05) is 27.4 Å². The quantitative estimate of drug-likeness (QED) is 0.532. The first-order valence-corrected chi connectivity index (χ1v) is 2.62. The molecule has 0 bridgehead atoms. The predicted molar refractivity (Wildman–Crippen MR) is 35.0 cm³/mol. The Morgan fingerprint density at radius 2 is 1.44 bits per heavy atom. The zero-order chi connectivity index (χ0) is 7.54. The third-order valence-electron chi connectivity index (χ3n) is 0.492. The minimum atomic E-state index is 0.691. The van der Waals surface area contributed by atoms with E-state index in [2.05, 4.69) is 9.47 Å². The third-order valence-corrected chi connectivity index (χ3v) is 0.492. The van der Waals surface area contributed by atoms with Crippen molar-refractivity contribution in [1.29, 1.82) is 5.26 Å². The summed E-state index contributed by atoms with van der Waals surface area (Å²) in [4.78, 5) is 0. The molecule has 0 unspecified atom stereocenters. The molecule has 54 valence electrons. The maximum Gasteiger partial charge on any atom is 0.0696 e. The Morgan fingerprint density at radius 3 is 1.56 bits per heavy atom. The largest absolute Gasteiger partial charge is 0.382 e. The first-order valence-electron chi connectivity index (χ1n) is 2.62. The summed E-state index contributed by atoms with van der Waals surface area (Å²) in [6, 6.07) is 1.75. The van der Waals surface area contributed by atoms with E-state index in [4.69, 9.17) is 5.26 Å². The molecule has 3 heteroatoms. The molecular weight excluding hydrogens is 118 g/mol. The van der Waals surface area contributed by atoms with Gasteiger partial charge in [-0.2, -0.15) is 5.26 Å². The number of rotatable bonds is 3. The van der Waals surface area contributed by atoms with Gasteiger partial charge in [-0.15, -0.1) is 0 Å². The van der Waals surface area contributed by atoms with E-state index < -0.39 is 0 Å². The van der Waals surface area contributed by atoms with Crippen LogP contribution < -0.4 is 0 Å². The van der Waals surface area contributed by atoms with Gasteiger partial charge in [0.25, 0.3) is 0 Å². The molecule has 3 nitrogen and oxygen atoms in total. The van der Waals surface area contributed by atoms with Crippen LogP contribution in [0.1, 0.15) is 6.92 Å². The van der Waals surface area contributed by atoms with E-state index in [1.807, 2.05) is 0 Å². The highest BCUT2D eigenvalue weighted by atomic mass is 16.5. The fourth-order valence-electron chi connectivity index (χ4n) is 0.167. The Morgan fingerprint density at radius 1 is 1.22 bits per heavy atom. The van der Waals surface area contributed by atoms with Gasteiger partial charge in [-0.1, -0.05) is 0 Å². The molecule has 0 aliphatic carbocycles. The second-order valence-corrected chi connectivity index (χ2v) is 1.21. The van der Waals surface area contributed by atoms with Crippen LogP contribution in [0, 0.1) is 11.3 Å². The lowest BCUT2D eigenvalue weighted by molar-refractivity contribution is 0.103. The van der Waals surface area contributed by atoms with Gasteiger partial charge in [-0.3, -0.25) is 0 Å². The molecule has 0 saturated heterocycles. The van der Waals surface area contributed by atoms with Crippen molar-refractivity contribution in [3.63, 3.8) is 0 Å². The smallest absolute Gasteiger partial charge is 0.0696 e. The Balaban J connectivity index is 0. The lowest BCUT2D eigenvalue weighted by Gasteiger charge is -1.91. The second-order valence-electron chi connectivity index (χ2n) is 1.21. The first-order chi connectivity index (χ1) is 4.33. The molecule has 0 saturated carbocycles. The highest BCUT2D eigenvalue weighted by molar-refractivity contribution is 4.51. The Hall–Kier alpha value is -0.590. The summed E-state index contributed by atoms with van der Waals surface area (Å²) >= 11 is 0. The van der Waals surface area contributed by atoms with E-state index in [9.17, 15) is 0 Å². The minimum Gasteiger partial charge on any atom is -0.382 e. The molecule has 9 heavy (non-hydrogen) atoms. The zero-order valence-electron chi connectivity index (χ0n) is 6.18. The van der Waals surface area contributed by atoms with Crippen LogP contribution in [0.5, 0.6) is 0 Å². The van der Waals surface area contributed by atoms with Crippen LogP contribution in [0.4, 0.5) is 0 Å². The lowest BCUT2D eigenvalue weighted by Crippen LogP contribution is -1.96. The van der Waals surface area contributed by atoms with Crippen molar-refractivity contribution in [1.82, 2.24) is 0 Å². The number of hydrogen-bond acceptors (Lipinski definition) is 3. The van der Waals surface area contributed by atoms with Crippen molar-refractivity contribution >= 4 is 0 Å². The maximum absolute atomic E-state index is 7.32. The molecule has 0 aromatic heterocycles. The summed E-state index contributed by atoms with van der Waals surface area (Å²) < 4.78 is 9.31. The van der Waals surface area contributed by atoms with Gasteiger partial charge in [0.05, 0.1) is 19.3 Å². The van der Waals surface area contributed by atoms with Crippen LogP contribution in [0.2, 0.25) is 0 Å². The topological polar surface area (TPSA) is 42.2 Å².